The topological polar surface area (TPSA) is 51.5 Å². The Morgan fingerprint density at radius 3 is 2.09 bits per heavy atom. The van der Waals surface area contributed by atoms with Gasteiger partial charge >= 0.3 is 0 Å². The second kappa shape index (κ2) is 6.93. The third kappa shape index (κ3) is 3.27. The second-order valence-corrected chi connectivity index (χ2v) is 5.56. The molecule has 0 amide bonds. The molecule has 3 atom stereocenters. The number of nitriles is 1. The van der Waals surface area contributed by atoms with Crippen molar-refractivity contribution in [1.29, 1.82) is 5.26 Å². The number of nitrogens with zero attached hydrogens (tertiary/aromatic N) is 1. The van der Waals surface area contributed by atoms with Gasteiger partial charge in [-0.25, -0.2) is 0 Å². The fraction of sp³-hybridized carbons (Fsp3) is 0.316. The van der Waals surface area contributed by atoms with Gasteiger partial charge in [0.1, 0.15) is 0 Å². The fourth-order valence-corrected chi connectivity index (χ4v) is 2.94. The molecule has 23 heavy (non-hydrogen) atoms. The molecular formula is C19H19NO3. The maximum atomic E-state index is 8.86. The van der Waals surface area contributed by atoms with Crippen LogP contribution in [0.2, 0.25) is 0 Å². The standard InChI is InChI=1S/C19H19NO3/c1-21-18-11-17(19(22-2)23-18)16-9-7-15(8-10-16)14-5-3-13(12-20)4-6-14/h3-10,17-19H,11H2,1-2H3. The summed E-state index contributed by atoms with van der Waals surface area (Å²) in [6, 6.07) is 18.1. The van der Waals surface area contributed by atoms with E-state index in [2.05, 4.69) is 30.3 Å². The molecule has 1 aliphatic rings. The Morgan fingerprint density at radius 2 is 1.57 bits per heavy atom. The average molecular weight is 309 g/mol. The summed E-state index contributed by atoms with van der Waals surface area (Å²) >= 11 is 0. The Morgan fingerprint density at radius 1 is 0.957 bits per heavy atom. The van der Waals surface area contributed by atoms with Gasteiger partial charge in [-0.1, -0.05) is 36.4 Å². The van der Waals surface area contributed by atoms with E-state index in [-0.39, 0.29) is 18.5 Å². The average Bonchev–Trinajstić information content (AvgIpc) is 3.05. The maximum Gasteiger partial charge on any atom is 0.167 e. The fourth-order valence-electron chi connectivity index (χ4n) is 2.94. The quantitative estimate of drug-likeness (QED) is 0.864. The Bertz CT molecular complexity index is 688. The van der Waals surface area contributed by atoms with Crippen LogP contribution >= 0.6 is 0 Å². The van der Waals surface area contributed by atoms with Gasteiger partial charge in [0.25, 0.3) is 0 Å². The predicted octanol–water partition coefficient (Wildman–Crippen LogP) is 3.67. The normalized spacial score (nSPS) is 23.6. The van der Waals surface area contributed by atoms with E-state index in [9.17, 15) is 0 Å². The van der Waals surface area contributed by atoms with Crippen molar-refractivity contribution in [3.8, 4) is 17.2 Å². The summed E-state index contributed by atoms with van der Waals surface area (Å²) in [4.78, 5) is 0. The van der Waals surface area contributed by atoms with E-state index < -0.39 is 0 Å². The van der Waals surface area contributed by atoms with E-state index in [1.165, 1.54) is 5.56 Å². The van der Waals surface area contributed by atoms with Crippen LogP contribution in [0.1, 0.15) is 23.5 Å². The Labute approximate surface area is 136 Å². The van der Waals surface area contributed by atoms with Gasteiger partial charge in [-0.05, 0) is 28.8 Å². The first-order valence-electron chi connectivity index (χ1n) is 7.56. The molecule has 3 unspecified atom stereocenters. The largest absolute Gasteiger partial charge is 0.356 e. The number of hydrogen-bond donors (Lipinski definition) is 0. The monoisotopic (exact) mass is 309 g/mol. The van der Waals surface area contributed by atoms with Crippen LogP contribution in [0.3, 0.4) is 0 Å². The third-order valence-electron chi connectivity index (χ3n) is 4.24. The minimum atomic E-state index is -0.277. The molecule has 1 fully saturated rings. The van der Waals surface area contributed by atoms with Crippen LogP contribution < -0.4 is 0 Å². The minimum Gasteiger partial charge on any atom is -0.356 e. The van der Waals surface area contributed by atoms with Crippen LogP contribution in [0, 0.1) is 11.3 Å². The molecule has 0 bridgehead atoms. The lowest BCUT2D eigenvalue weighted by Crippen LogP contribution is -2.17. The zero-order chi connectivity index (χ0) is 16.2. The molecular weight excluding hydrogens is 290 g/mol. The van der Waals surface area contributed by atoms with Crippen LogP contribution in [0.15, 0.2) is 48.5 Å². The number of ether oxygens (including phenoxy) is 3. The summed E-state index contributed by atoms with van der Waals surface area (Å²) in [6.07, 6.45) is 0.287. The number of rotatable bonds is 4. The number of hydrogen-bond acceptors (Lipinski definition) is 4. The smallest absolute Gasteiger partial charge is 0.167 e. The van der Waals surface area contributed by atoms with Gasteiger partial charge in [0.15, 0.2) is 12.6 Å². The SMILES string of the molecule is COC1CC(c2ccc(-c3ccc(C#N)cc3)cc2)C(OC)O1. The van der Waals surface area contributed by atoms with Crippen LogP contribution in [0.25, 0.3) is 11.1 Å². The van der Waals surface area contributed by atoms with Gasteiger partial charge in [0.05, 0.1) is 11.6 Å². The van der Waals surface area contributed by atoms with Crippen molar-refractivity contribution in [3.05, 3.63) is 59.7 Å². The molecule has 4 nitrogen and oxygen atoms in total. The first-order valence-corrected chi connectivity index (χ1v) is 7.56. The highest BCUT2D eigenvalue weighted by Gasteiger charge is 2.36. The summed E-state index contributed by atoms with van der Waals surface area (Å²) in [5.41, 5.74) is 4.06. The molecule has 2 aromatic rings. The molecule has 118 valence electrons. The van der Waals surface area contributed by atoms with Crippen molar-refractivity contribution in [2.24, 2.45) is 0 Å². The van der Waals surface area contributed by atoms with Gasteiger partial charge in [-0.3, -0.25) is 0 Å². The molecule has 3 rings (SSSR count). The van der Waals surface area contributed by atoms with E-state index in [0.717, 1.165) is 17.5 Å². The molecule has 0 spiro atoms. The van der Waals surface area contributed by atoms with Gasteiger partial charge in [0.2, 0.25) is 0 Å². The van der Waals surface area contributed by atoms with Crippen LogP contribution in [0.4, 0.5) is 0 Å². The van der Waals surface area contributed by atoms with Crippen molar-refractivity contribution in [2.75, 3.05) is 14.2 Å². The zero-order valence-corrected chi connectivity index (χ0v) is 13.2. The highest BCUT2D eigenvalue weighted by Crippen LogP contribution is 2.36. The molecule has 2 aromatic carbocycles. The highest BCUT2D eigenvalue weighted by atomic mass is 16.8. The Hall–Kier alpha value is -2.19. The summed E-state index contributed by atoms with van der Waals surface area (Å²) in [5.74, 6) is 0.167. The molecule has 1 saturated heterocycles. The highest BCUT2D eigenvalue weighted by molar-refractivity contribution is 5.64. The zero-order valence-electron chi connectivity index (χ0n) is 13.2. The predicted molar refractivity (Wildman–Crippen MR) is 86.6 cm³/mol. The van der Waals surface area contributed by atoms with Crippen molar-refractivity contribution in [1.82, 2.24) is 0 Å². The molecule has 0 saturated carbocycles. The van der Waals surface area contributed by atoms with E-state index in [0.29, 0.717) is 5.56 Å². The lowest BCUT2D eigenvalue weighted by Gasteiger charge is -2.17. The third-order valence-corrected chi connectivity index (χ3v) is 4.24. The van der Waals surface area contributed by atoms with Gasteiger partial charge in [0, 0.05) is 26.6 Å². The van der Waals surface area contributed by atoms with E-state index >= 15 is 0 Å². The lowest BCUT2D eigenvalue weighted by molar-refractivity contribution is -0.188. The number of methoxy groups -OCH3 is 2. The summed E-state index contributed by atoms with van der Waals surface area (Å²) in [7, 11) is 3.30. The van der Waals surface area contributed by atoms with Crippen LogP contribution in [-0.2, 0) is 14.2 Å². The maximum absolute atomic E-state index is 8.86. The molecule has 4 heteroatoms. The van der Waals surface area contributed by atoms with E-state index in [1.54, 1.807) is 14.2 Å². The molecule has 0 aromatic heterocycles. The van der Waals surface area contributed by atoms with Crippen molar-refractivity contribution >= 4 is 0 Å². The van der Waals surface area contributed by atoms with E-state index in [4.69, 9.17) is 19.5 Å². The van der Waals surface area contributed by atoms with Crippen LogP contribution in [-0.4, -0.2) is 26.8 Å². The van der Waals surface area contributed by atoms with Gasteiger partial charge < -0.3 is 14.2 Å². The van der Waals surface area contributed by atoms with Crippen molar-refractivity contribution in [2.45, 2.75) is 24.9 Å². The van der Waals surface area contributed by atoms with Crippen molar-refractivity contribution in [3.63, 3.8) is 0 Å². The number of benzene rings is 2. The first-order chi connectivity index (χ1) is 11.2. The first kappa shape index (κ1) is 15.7. The second-order valence-electron chi connectivity index (χ2n) is 5.56. The summed E-state index contributed by atoms with van der Waals surface area (Å²) < 4.78 is 16.4. The molecule has 0 aliphatic carbocycles. The molecule has 0 N–H and O–H groups in total. The summed E-state index contributed by atoms with van der Waals surface area (Å²) in [5, 5.41) is 8.86. The van der Waals surface area contributed by atoms with Crippen LogP contribution in [0.5, 0.6) is 0 Å². The van der Waals surface area contributed by atoms with Gasteiger partial charge in [-0.15, -0.1) is 0 Å². The Balaban J connectivity index is 1.80. The summed E-state index contributed by atoms with van der Waals surface area (Å²) in [6.45, 7) is 0. The Kier molecular flexibility index (Phi) is 4.73. The lowest BCUT2D eigenvalue weighted by atomic mass is 9.94. The molecule has 0 radical (unpaired) electrons. The van der Waals surface area contributed by atoms with Gasteiger partial charge in [-0.2, -0.15) is 5.26 Å². The minimum absolute atomic E-state index is 0.167. The van der Waals surface area contributed by atoms with E-state index in [1.807, 2.05) is 24.3 Å². The van der Waals surface area contributed by atoms with Crippen molar-refractivity contribution < 1.29 is 14.2 Å². The molecule has 1 heterocycles. The molecule has 1 aliphatic heterocycles.